The average Bonchev–Trinajstić information content (AvgIpc) is 2.16. The van der Waals surface area contributed by atoms with Crippen molar-refractivity contribution < 1.29 is 9.59 Å². The average molecular weight is 206 g/mol. The highest BCUT2D eigenvalue weighted by atomic mass is 32.2. The van der Waals surface area contributed by atoms with Crippen LogP contribution in [0.25, 0.3) is 0 Å². The molecule has 13 heavy (non-hydrogen) atoms. The molecule has 0 rings (SSSR count). The van der Waals surface area contributed by atoms with Gasteiger partial charge in [-0.05, 0) is 0 Å². The number of nitrogens with zero attached hydrogens (tertiary/aromatic N) is 4. The van der Waals surface area contributed by atoms with Crippen molar-refractivity contribution in [2.45, 2.75) is 0 Å². The number of rotatable bonds is 2. The molecule has 4 amide bonds. The zero-order chi connectivity index (χ0) is 10.1. The fourth-order valence-corrected chi connectivity index (χ4v) is 0.439. The first kappa shape index (κ1) is 11.4. The first-order valence-corrected chi connectivity index (χ1v) is 3.43. The molecule has 0 aromatic heterocycles. The SMILES string of the molecule is NNC(=O)/N=N/S/N=N/C(=O)NN. The van der Waals surface area contributed by atoms with Gasteiger partial charge in [0.25, 0.3) is 0 Å². The molecule has 6 N–H and O–H groups in total. The zero-order valence-corrected chi connectivity index (χ0v) is 6.98. The topological polar surface area (TPSA) is 160 Å². The lowest BCUT2D eigenvalue weighted by Crippen LogP contribution is -2.26. The Kier molecular flexibility index (Phi) is 6.21. The Labute approximate surface area is 76.4 Å². The third kappa shape index (κ3) is 6.79. The Balaban J connectivity index is 3.66. The van der Waals surface area contributed by atoms with Crippen molar-refractivity contribution in [2.75, 3.05) is 0 Å². The van der Waals surface area contributed by atoms with Crippen LogP contribution in [0.1, 0.15) is 0 Å². The van der Waals surface area contributed by atoms with Crippen molar-refractivity contribution in [1.29, 1.82) is 0 Å². The first-order valence-electron chi connectivity index (χ1n) is 2.70. The molecule has 0 unspecified atom stereocenters. The van der Waals surface area contributed by atoms with E-state index in [1.165, 1.54) is 0 Å². The molecular weight excluding hydrogens is 200 g/mol. The number of hydrogen-bond acceptors (Lipinski definition) is 7. The molecule has 0 saturated carbocycles. The smallest absolute Gasteiger partial charge is 0.273 e. The summed E-state index contributed by atoms with van der Waals surface area (Å²) in [5, 5.41) is 5.92. The molecular formula is C2H6N8O2S. The van der Waals surface area contributed by atoms with Crippen LogP contribution in [0.15, 0.2) is 19.3 Å². The molecule has 0 fully saturated rings. The summed E-state index contributed by atoms with van der Waals surface area (Å²) in [4.78, 5) is 20.6. The Hall–Kier alpha value is -1.59. The van der Waals surface area contributed by atoms with E-state index in [9.17, 15) is 9.59 Å². The molecule has 0 radical (unpaired) electrons. The molecule has 11 heteroatoms. The Morgan fingerprint density at radius 3 is 1.69 bits per heavy atom. The standard InChI is InChI=1S/C2H6N8O2S/c3-5-1(11)7-9-13-10-8-2(12)6-4/h3-4H2,(H,5,11)(H,6,12)/b9-7+,10-8+. The van der Waals surface area contributed by atoms with Crippen LogP contribution in [0.5, 0.6) is 0 Å². The number of hydrogen-bond donors (Lipinski definition) is 4. The first-order chi connectivity index (χ1) is 6.20. The monoisotopic (exact) mass is 206 g/mol. The minimum absolute atomic E-state index is 0.425. The van der Waals surface area contributed by atoms with Gasteiger partial charge in [0.15, 0.2) is 12.1 Å². The van der Waals surface area contributed by atoms with Gasteiger partial charge in [0.05, 0.1) is 0 Å². The van der Waals surface area contributed by atoms with Crippen LogP contribution in [0, 0.1) is 0 Å². The van der Waals surface area contributed by atoms with E-state index in [0.29, 0.717) is 12.1 Å². The van der Waals surface area contributed by atoms with E-state index >= 15 is 0 Å². The normalized spacial score (nSPS) is 10.6. The highest BCUT2D eigenvalue weighted by molar-refractivity contribution is 7.96. The largest absolute Gasteiger partial charge is 0.374 e. The minimum Gasteiger partial charge on any atom is -0.273 e. The molecule has 0 aliphatic heterocycles. The molecule has 0 aromatic rings. The number of carbonyl (C=O) groups is 2. The van der Waals surface area contributed by atoms with Gasteiger partial charge < -0.3 is 0 Å². The second-order valence-electron chi connectivity index (χ2n) is 1.34. The van der Waals surface area contributed by atoms with Gasteiger partial charge in [0.2, 0.25) is 0 Å². The predicted molar refractivity (Wildman–Crippen MR) is 42.7 cm³/mol. The van der Waals surface area contributed by atoms with Crippen molar-refractivity contribution in [3.63, 3.8) is 0 Å². The molecule has 0 heterocycles. The maximum absolute atomic E-state index is 10.3. The van der Waals surface area contributed by atoms with Crippen molar-refractivity contribution in [3.8, 4) is 0 Å². The molecule has 0 aliphatic carbocycles. The highest BCUT2D eigenvalue weighted by Gasteiger charge is 1.91. The van der Waals surface area contributed by atoms with Crippen LogP contribution in [-0.4, -0.2) is 12.1 Å². The maximum atomic E-state index is 10.3. The molecule has 0 saturated heterocycles. The molecule has 0 aromatic carbocycles. The summed E-state index contributed by atoms with van der Waals surface area (Å²) in [5.41, 5.74) is 3.38. The number of carbonyl (C=O) groups excluding carboxylic acids is 2. The van der Waals surface area contributed by atoms with Crippen LogP contribution in [0.4, 0.5) is 9.59 Å². The molecule has 0 aliphatic rings. The second kappa shape index (κ2) is 7.08. The van der Waals surface area contributed by atoms with Gasteiger partial charge in [-0.15, -0.1) is 0 Å². The number of nitrogens with one attached hydrogen (secondary N) is 2. The summed E-state index contributed by atoms with van der Waals surface area (Å²) < 4.78 is 6.23. The van der Waals surface area contributed by atoms with Gasteiger partial charge in [0.1, 0.15) is 0 Å². The summed E-state index contributed by atoms with van der Waals surface area (Å²) >= 11 is 0.425. The summed E-state index contributed by atoms with van der Waals surface area (Å²) in [6.07, 6.45) is 0. The van der Waals surface area contributed by atoms with Gasteiger partial charge in [0, 0.05) is 0 Å². The fourth-order valence-electron chi connectivity index (χ4n) is 0.185. The summed E-state index contributed by atoms with van der Waals surface area (Å²) in [7, 11) is 0. The molecule has 0 bridgehead atoms. The van der Waals surface area contributed by atoms with Crippen LogP contribution >= 0.6 is 12.1 Å². The van der Waals surface area contributed by atoms with E-state index in [1.54, 1.807) is 10.9 Å². The van der Waals surface area contributed by atoms with Crippen molar-refractivity contribution in [2.24, 2.45) is 31.0 Å². The Morgan fingerprint density at radius 1 is 1.00 bits per heavy atom. The van der Waals surface area contributed by atoms with Gasteiger partial charge in [-0.25, -0.2) is 21.3 Å². The number of amides is 4. The predicted octanol–water partition coefficient (Wildman–Crippen LogP) is -0.379. The lowest BCUT2D eigenvalue weighted by atomic mass is 11.1. The van der Waals surface area contributed by atoms with E-state index < -0.39 is 12.1 Å². The van der Waals surface area contributed by atoms with Crippen LogP contribution in [0.2, 0.25) is 0 Å². The molecule has 0 spiro atoms. The van der Waals surface area contributed by atoms with Gasteiger partial charge in [-0.2, -0.15) is 0 Å². The lowest BCUT2D eigenvalue weighted by molar-refractivity contribution is 0.247. The molecule has 72 valence electrons. The highest BCUT2D eigenvalue weighted by Crippen LogP contribution is 2.04. The van der Waals surface area contributed by atoms with Crippen molar-refractivity contribution >= 4 is 24.2 Å². The van der Waals surface area contributed by atoms with E-state index in [-0.39, 0.29) is 0 Å². The second-order valence-corrected chi connectivity index (χ2v) is 1.83. The minimum atomic E-state index is -0.842. The van der Waals surface area contributed by atoms with E-state index in [2.05, 4.69) is 31.0 Å². The maximum Gasteiger partial charge on any atom is 0.374 e. The number of urea groups is 2. The zero-order valence-electron chi connectivity index (χ0n) is 6.17. The van der Waals surface area contributed by atoms with Gasteiger partial charge in [-0.1, -0.05) is 19.3 Å². The number of hydrazine groups is 2. The summed E-state index contributed by atoms with van der Waals surface area (Å²) in [5.74, 6) is 9.32. The van der Waals surface area contributed by atoms with Gasteiger partial charge >= 0.3 is 12.1 Å². The third-order valence-corrected chi connectivity index (χ3v) is 0.893. The Bertz CT molecular complexity index is 212. The van der Waals surface area contributed by atoms with Gasteiger partial charge in [-0.3, -0.25) is 10.9 Å². The fraction of sp³-hybridized carbons (Fsp3) is 0. The van der Waals surface area contributed by atoms with E-state index in [4.69, 9.17) is 0 Å². The quantitative estimate of drug-likeness (QED) is 0.159. The van der Waals surface area contributed by atoms with Crippen molar-refractivity contribution in [3.05, 3.63) is 0 Å². The lowest BCUT2D eigenvalue weighted by Gasteiger charge is -1.86. The molecule has 0 atom stereocenters. The van der Waals surface area contributed by atoms with E-state index in [1.807, 2.05) is 0 Å². The third-order valence-electron chi connectivity index (χ3n) is 0.583. The Morgan fingerprint density at radius 2 is 1.38 bits per heavy atom. The van der Waals surface area contributed by atoms with Crippen molar-refractivity contribution in [1.82, 2.24) is 10.9 Å². The van der Waals surface area contributed by atoms with Crippen LogP contribution in [0.3, 0.4) is 0 Å². The summed E-state index contributed by atoms with van der Waals surface area (Å²) in [6, 6.07) is -1.68. The van der Waals surface area contributed by atoms with Crippen LogP contribution < -0.4 is 22.5 Å². The number of nitrogens with two attached hydrogens (primary N) is 2. The van der Waals surface area contributed by atoms with Crippen LogP contribution in [-0.2, 0) is 0 Å². The summed E-state index contributed by atoms with van der Waals surface area (Å²) in [6.45, 7) is 0. The van der Waals surface area contributed by atoms with E-state index in [0.717, 1.165) is 0 Å². The molecule has 10 nitrogen and oxygen atoms in total.